The molecule has 1 aliphatic heterocycles. The third-order valence-corrected chi connectivity index (χ3v) is 4.66. The summed E-state index contributed by atoms with van der Waals surface area (Å²) in [6.07, 6.45) is 14.4. The zero-order valence-corrected chi connectivity index (χ0v) is 20.6. The fourth-order valence-electron chi connectivity index (χ4n) is 3.03. The minimum atomic E-state index is -0.826. The normalized spacial score (nSPS) is 16.4. The molecule has 0 saturated heterocycles. The maximum Gasteiger partial charge on any atom is -0.0528 e. The van der Waals surface area contributed by atoms with Crippen LogP contribution in [-0.2, 0) is 40.8 Å². The van der Waals surface area contributed by atoms with Gasteiger partial charge < -0.3 is 13.5 Å². The van der Waals surface area contributed by atoms with Crippen molar-refractivity contribution in [1.29, 1.82) is 0 Å². The summed E-state index contributed by atoms with van der Waals surface area (Å²) in [7, 11) is 9.87. The van der Waals surface area contributed by atoms with E-state index in [0.717, 1.165) is 10.9 Å². The smallest absolute Gasteiger partial charge is 0.0528 e. The molecule has 1 nitrogen and oxygen atoms in total. The first kappa shape index (κ1) is 22.9. The number of thiol groups is 1. The van der Waals surface area contributed by atoms with E-state index in [4.69, 9.17) is 17.0 Å². The van der Waals surface area contributed by atoms with Crippen molar-refractivity contribution in [3.8, 4) is 0 Å². The Labute approximate surface area is 194 Å². The fraction of sp³-hybridized carbons (Fsp3) is 0.0952. The van der Waals surface area contributed by atoms with Crippen molar-refractivity contribution in [3.05, 3.63) is 93.1 Å². The van der Waals surface area contributed by atoms with Crippen LogP contribution in [0.2, 0.25) is 0 Å². The van der Waals surface area contributed by atoms with Crippen molar-refractivity contribution < 1.29 is 20.8 Å². The van der Waals surface area contributed by atoms with Crippen LogP contribution < -0.4 is 0 Å². The van der Waals surface area contributed by atoms with Crippen LogP contribution in [0.5, 0.6) is 0 Å². The average molecular weight is 555 g/mol. The fourth-order valence-corrected chi connectivity index (χ4v) is 3.41. The van der Waals surface area contributed by atoms with Gasteiger partial charge in [-0.2, -0.15) is 6.08 Å². The van der Waals surface area contributed by atoms with Crippen LogP contribution in [0.15, 0.2) is 63.7 Å². The first-order valence-corrected chi connectivity index (χ1v) is 15.1. The van der Waals surface area contributed by atoms with Gasteiger partial charge >= 0.3 is 37.9 Å². The van der Waals surface area contributed by atoms with Crippen LogP contribution in [-0.4, -0.2) is 6.21 Å². The zero-order valence-electron chi connectivity index (χ0n) is 14.2. The topological polar surface area (TPSA) is 12.4 Å². The van der Waals surface area contributed by atoms with E-state index in [1.165, 1.54) is 27.8 Å². The number of aliphatic imine (C=N–C) groups is 1. The predicted octanol–water partition coefficient (Wildman–Crippen LogP) is 6.49. The molecule has 0 bridgehead atoms. The molecule has 0 aromatic heterocycles. The third kappa shape index (κ3) is 6.05. The molecule has 1 unspecified atom stereocenters. The van der Waals surface area contributed by atoms with E-state index in [9.17, 15) is 0 Å². The summed E-state index contributed by atoms with van der Waals surface area (Å²) in [6, 6.07) is 15.6. The van der Waals surface area contributed by atoms with Crippen LogP contribution in [0.4, 0.5) is 0 Å². The van der Waals surface area contributed by atoms with Crippen molar-refractivity contribution in [3.63, 3.8) is 0 Å². The maximum absolute atomic E-state index is 4.93. The second-order valence-corrected chi connectivity index (χ2v) is 10.4. The van der Waals surface area contributed by atoms with Gasteiger partial charge in [-0.05, 0) is 11.6 Å². The quantitative estimate of drug-likeness (QED) is 0.206. The molecule has 0 saturated carbocycles. The summed E-state index contributed by atoms with van der Waals surface area (Å²) < 4.78 is 1.12. The molecule has 0 radical (unpaired) electrons. The number of benzene rings is 2. The van der Waals surface area contributed by atoms with Gasteiger partial charge in [-0.25, -0.2) is 11.6 Å². The number of hydrogen-bond donors (Lipinski definition) is 0. The van der Waals surface area contributed by atoms with Crippen LogP contribution in [0.25, 0.3) is 12.2 Å². The minimum Gasteiger partial charge on any atom is -0.813 e. The van der Waals surface area contributed by atoms with Crippen molar-refractivity contribution in [2.45, 2.75) is 12.3 Å². The summed E-state index contributed by atoms with van der Waals surface area (Å²) in [6.45, 7) is 0. The predicted molar refractivity (Wildman–Crippen MR) is 120 cm³/mol. The van der Waals surface area contributed by atoms with E-state index in [2.05, 4.69) is 75.6 Å². The van der Waals surface area contributed by atoms with Gasteiger partial charge in [0.2, 0.25) is 0 Å². The Hall–Kier alpha value is -0.377. The van der Waals surface area contributed by atoms with Gasteiger partial charge in [0.1, 0.15) is 0 Å². The van der Waals surface area contributed by atoms with Crippen molar-refractivity contribution in [2.24, 2.45) is 4.99 Å². The molecule has 5 rings (SSSR count). The summed E-state index contributed by atoms with van der Waals surface area (Å²) in [5, 5.41) is 0. The van der Waals surface area contributed by atoms with E-state index < -0.39 is 20.8 Å². The average Bonchev–Trinajstić information content (AvgIpc) is 3.26. The first-order valence-electron chi connectivity index (χ1n) is 7.98. The Morgan fingerprint density at radius 2 is 2.04 bits per heavy atom. The van der Waals surface area contributed by atoms with Gasteiger partial charge in [-0.1, -0.05) is 40.7 Å². The number of fused-ring (bicyclic) bond motifs is 4. The molecule has 27 heavy (non-hydrogen) atoms. The van der Waals surface area contributed by atoms with Crippen molar-refractivity contribution in [2.75, 3.05) is 0 Å². The van der Waals surface area contributed by atoms with Gasteiger partial charge in [-0.15, -0.1) is 53.1 Å². The molecule has 3 aliphatic rings. The monoisotopic (exact) mass is 552 g/mol. The Bertz CT molecular complexity index is 909. The molecule has 2 aliphatic carbocycles. The second kappa shape index (κ2) is 11.6. The zero-order chi connectivity index (χ0) is 18.4. The molecule has 1 heterocycles. The van der Waals surface area contributed by atoms with Crippen LogP contribution in [0.1, 0.15) is 28.2 Å². The van der Waals surface area contributed by atoms with Crippen LogP contribution in [0, 0.1) is 12.1 Å². The van der Waals surface area contributed by atoms with Crippen molar-refractivity contribution in [1.82, 2.24) is 0 Å². The van der Waals surface area contributed by atoms with Crippen molar-refractivity contribution >= 4 is 64.8 Å². The van der Waals surface area contributed by atoms with E-state index >= 15 is 0 Å². The molecule has 0 N–H and O–H groups in total. The second-order valence-electron chi connectivity index (χ2n) is 5.71. The summed E-state index contributed by atoms with van der Waals surface area (Å²) in [5.74, 6) is 0.322. The minimum absolute atomic E-state index is 0. The van der Waals surface area contributed by atoms with Gasteiger partial charge in [0.25, 0.3) is 0 Å². The molecule has 0 fully saturated rings. The molecular weight excluding hydrogens is 540 g/mol. The molecule has 6 heteroatoms. The SMILES string of the molecule is Brc1ccc2c(c1)C=C1[C-]=CN=CC12.[Cl][Zr][Cl].[SH-].[c-]1cccc2c1C=CC2. The maximum atomic E-state index is 4.93. The number of nitrogens with zero attached hydrogens (tertiary/aromatic N) is 1. The Kier molecular flexibility index (Phi) is 9.83. The molecule has 0 amide bonds. The largest absolute Gasteiger partial charge is 0.813 e. The van der Waals surface area contributed by atoms with Gasteiger partial charge in [-0.3, -0.25) is 4.99 Å². The Morgan fingerprint density at radius 1 is 1.22 bits per heavy atom. The molecular formula is C21H15BrCl2NSZr-3. The summed E-state index contributed by atoms with van der Waals surface area (Å²) in [5.41, 5.74) is 6.48. The third-order valence-electron chi connectivity index (χ3n) is 4.17. The van der Waals surface area contributed by atoms with Gasteiger partial charge in [0, 0.05) is 16.6 Å². The standard InChI is InChI=1S/C12H7BrN.C9H7.2ClH.H2S.Zr/c13-10-1-2-11-9(6-10)5-8-3-4-14-7-12(8)11;1-2-5-9-7-3-6-8(9)4-1;;;;/h1-2,4-7,12H;1-4,7H,6H2;2*1H;1H2;/q2*-1;;;;+2/p-3. The molecule has 1 atom stereocenters. The van der Waals surface area contributed by atoms with E-state index in [-0.39, 0.29) is 13.5 Å². The molecule has 138 valence electrons. The summed E-state index contributed by atoms with van der Waals surface area (Å²) in [4.78, 5) is 4.13. The number of rotatable bonds is 0. The molecule has 2 aromatic carbocycles. The Morgan fingerprint density at radius 3 is 2.81 bits per heavy atom. The summed E-state index contributed by atoms with van der Waals surface area (Å²) >= 11 is 2.65. The molecule has 2 aromatic rings. The van der Waals surface area contributed by atoms with E-state index in [1.807, 2.05) is 18.3 Å². The van der Waals surface area contributed by atoms with Gasteiger partial charge in [0.05, 0.1) is 0 Å². The number of halogens is 3. The Balaban J connectivity index is 0.000000175. The van der Waals surface area contributed by atoms with Gasteiger partial charge in [0.15, 0.2) is 0 Å². The van der Waals surface area contributed by atoms with E-state index in [0.29, 0.717) is 5.92 Å². The van der Waals surface area contributed by atoms with Crippen LogP contribution >= 0.6 is 33.0 Å². The number of hydrogen-bond acceptors (Lipinski definition) is 2. The van der Waals surface area contributed by atoms with E-state index in [1.54, 1.807) is 6.20 Å². The number of allylic oxidation sites excluding steroid dienone is 3. The van der Waals surface area contributed by atoms with Crippen LogP contribution in [0.3, 0.4) is 0 Å². The first-order chi connectivity index (χ1) is 12.7. The molecule has 0 spiro atoms.